The number of aromatic nitrogens is 2. The number of anilines is 1. The molecule has 0 atom stereocenters. The Labute approximate surface area is 164 Å². The van der Waals surface area contributed by atoms with Crippen LogP contribution < -0.4 is 10.1 Å². The molecule has 150 valence electrons. The van der Waals surface area contributed by atoms with Crippen LogP contribution in [0.2, 0.25) is 0 Å². The zero-order chi connectivity index (χ0) is 20.4. The van der Waals surface area contributed by atoms with Gasteiger partial charge in [-0.3, -0.25) is 4.68 Å². The summed E-state index contributed by atoms with van der Waals surface area (Å²) in [6.45, 7) is 1.10. The number of ether oxygens (including phenoxy) is 1. The van der Waals surface area contributed by atoms with Gasteiger partial charge in [0.25, 0.3) is 0 Å². The van der Waals surface area contributed by atoms with Gasteiger partial charge in [0, 0.05) is 23.4 Å². The summed E-state index contributed by atoms with van der Waals surface area (Å²) in [7, 11) is 0. The van der Waals surface area contributed by atoms with Crippen LogP contribution in [0.25, 0.3) is 11.1 Å². The Morgan fingerprint density at radius 1 is 1.00 bits per heavy atom. The number of nitrogens with zero attached hydrogens (tertiary/aromatic N) is 3. The lowest BCUT2D eigenvalue weighted by Crippen LogP contribution is -2.41. The SMILES string of the molecule is O=C(Nc1ccccc1)N1CCn2ncc(-c3ccccc3OC(F)(F)F)c2C1. The van der Waals surface area contributed by atoms with Gasteiger partial charge in [-0.1, -0.05) is 36.4 Å². The van der Waals surface area contributed by atoms with Crippen LogP contribution in [0.3, 0.4) is 0 Å². The van der Waals surface area contributed by atoms with Gasteiger partial charge in [0.05, 0.1) is 25.0 Å². The molecule has 1 aliphatic heterocycles. The molecule has 0 radical (unpaired) electrons. The Balaban J connectivity index is 1.59. The molecule has 2 amide bonds. The van der Waals surface area contributed by atoms with Gasteiger partial charge in [-0.05, 0) is 18.2 Å². The Bertz CT molecular complexity index is 1020. The normalized spacial score (nSPS) is 13.7. The van der Waals surface area contributed by atoms with Crippen molar-refractivity contribution in [1.82, 2.24) is 14.7 Å². The minimum Gasteiger partial charge on any atom is -0.405 e. The summed E-state index contributed by atoms with van der Waals surface area (Å²) < 4.78 is 44.2. The van der Waals surface area contributed by atoms with Crippen molar-refractivity contribution in [2.75, 3.05) is 11.9 Å². The summed E-state index contributed by atoms with van der Waals surface area (Å²) >= 11 is 0. The number of nitrogens with one attached hydrogen (secondary N) is 1. The summed E-state index contributed by atoms with van der Waals surface area (Å²) in [6.07, 6.45) is -3.29. The number of rotatable bonds is 3. The van der Waals surface area contributed by atoms with Gasteiger partial charge in [0.1, 0.15) is 5.75 Å². The fraction of sp³-hybridized carbons (Fsp3) is 0.200. The van der Waals surface area contributed by atoms with Crippen LogP contribution >= 0.6 is 0 Å². The van der Waals surface area contributed by atoms with E-state index in [0.29, 0.717) is 30.0 Å². The second kappa shape index (κ2) is 7.50. The van der Waals surface area contributed by atoms with Gasteiger partial charge < -0.3 is 15.0 Å². The van der Waals surface area contributed by atoms with Gasteiger partial charge in [-0.25, -0.2) is 4.79 Å². The molecule has 0 bridgehead atoms. The number of carbonyl (C=O) groups excluding carboxylic acids is 1. The van der Waals surface area contributed by atoms with Crippen molar-refractivity contribution in [1.29, 1.82) is 0 Å². The van der Waals surface area contributed by atoms with E-state index in [1.807, 2.05) is 18.2 Å². The summed E-state index contributed by atoms with van der Waals surface area (Å²) in [5.41, 5.74) is 2.09. The predicted octanol–water partition coefficient (Wildman–Crippen LogP) is 4.50. The molecule has 9 heteroatoms. The second-order valence-corrected chi connectivity index (χ2v) is 6.49. The average Bonchev–Trinajstić information content (AvgIpc) is 3.11. The van der Waals surface area contributed by atoms with Crippen LogP contribution in [0.15, 0.2) is 60.8 Å². The first kappa shape index (κ1) is 18.9. The van der Waals surface area contributed by atoms with Gasteiger partial charge in [-0.2, -0.15) is 5.10 Å². The molecule has 1 N–H and O–H groups in total. The van der Waals surface area contributed by atoms with Crippen molar-refractivity contribution in [3.63, 3.8) is 0 Å². The van der Waals surface area contributed by atoms with Crippen molar-refractivity contribution in [3.8, 4) is 16.9 Å². The highest BCUT2D eigenvalue weighted by molar-refractivity contribution is 5.89. The molecule has 0 spiro atoms. The molecule has 1 aliphatic rings. The quantitative estimate of drug-likeness (QED) is 0.702. The van der Waals surface area contributed by atoms with Crippen LogP contribution in [0, 0.1) is 0 Å². The second-order valence-electron chi connectivity index (χ2n) is 6.49. The van der Waals surface area contributed by atoms with E-state index in [2.05, 4.69) is 15.2 Å². The number of halogens is 3. The first-order valence-corrected chi connectivity index (χ1v) is 8.91. The van der Waals surface area contributed by atoms with E-state index in [1.54, 1.807) is 33.8 Å². The van der Waals surface area contributed by atoms with Crippen molar-refractivity contribution in [2.24, 2.45) is 0 Å². The molecule has 0 unspecified atom stereocenters. The largest absolute Gasteiger partial charge is 0.573 e. The molecule has 0 fully saturated rings. The number of benzene rings is 2. The van der Waals surface area contributed by atoms with Crippen LogP contribution in [0.4, 0.5) is 23.7 Å². The standard InChI is InChI=1S/C20H17F3N4O2/c21-20(22,23)29-18-9-5-4-8-15(18)16-12-24-27-11-10-26(13-17(16)27)19(28)25-14-6-2-1-3-7-14/h1-9,12H,10-11,13H2,(H,25,28). The summed E-state index contributed by atoms with van der Waals surface area (Å²) in [4.78, 5) is 14.2. The third-order valence-electron chi connectivity index (χ3n) is 4.59. The minimum absolute atomic E-state index is 0.217. The maximum Gasteiger partial charge on any atom is 0.573 e. The summed E-state index contributed by atoms with van der Waals surface area (Å²) in [5.74, 6) is -0.304. The van der Waals surface area contributed by atoms with Crippen molar-refractivity contribution >= 4 is 11.7 Å². The highest BCUT2D eigenvalue weighted by atomic mass is 19.4. The van der Waals surface area contributed by atoms with E-state index in [4.69, 9.17) is 0 Å². The molecule has 3 aromatic rings. The number of carbonyl (C=O) groups is 1. The van der Waals surface area contributed by atoms with E-state index >= 15 is 0 Å². The molecule has 0 saturated heterocycles. The highest BCUT2D eigenvalue weighted by Crippen LogP contribution is 2.36. The topological polar surface area (TPSA) is 59.4 Å². The minimum atomic E-state index is -4.80. The molecule has 2 aromatic carbocycles. The Morgan fingerprint density at radius 3 is 2.48 bits per heavy atom. The number of urea groups is 1. The highest BCUT2D eigenvalue weighted by Gasteiger charge is 2.33. The van der Waals surface area contributed by atoms with E-state index in [0.717, 1.165) is 0 Å². The third kappa shape index (κ3) is 4.18. The molecular weight excluding hydrogens is 385 g/mol. The van der Waals surface area contributed by atoms with E-state index in [-0.39, 0.29) is 23.9 Å². The zero-order valence-electron chi connectivity index (χ0n) is 15.2. The molecule has 6 nitrogen and oxygen atoms in total. The Kier molecular flexibility index (Phi) is 4.87. The maximum atomic E-state index is 12.8. The van der Waals surface area contributed by atoms with Gasteiger partial charge in [0.15, 0.2) is 0 Å². The molecule has 0 aliphatic carbocycles. The monoisotopic (exact) mass is 402 g/mol. The molecular formula is C20H17F3N4O2. The van der Waals surface area contributed by atoms with Crippen molar-refractivity contribution < 1.29 is 22.7 Å². The maximum absolute atomic E-state index is 12.8. The lowest BCUT2D eigenvalue weighted by Gasteiger charge is -2.28. The van der Waals surface area contributed by atoms with Gasteiger partial charge >= 0.3 is 12.4 Å². The third-order valence-corrected chi connectivity index (χ3v) is 4.59. The van der Waals surface area contributed by atoms with Crippen LogP contribution in [-0.2, 0) is 13.1 Å². The lowest BCUT2D eigenvalue weighted by atomic mass is 10.0. The average molecular weight is 402 g/mol. The molecule has 29 heavy (non-hydrogen) atoms. The number of fused-ring (bicyclic) bond motifs is 1. The number of alkyl halides is 3. The Hall–Kier alpha value is -3.49. The van der Waals surface area contributed by atoms with Gasteiger partial charge in [-0.15, -0.1) is 13.2 Å². The van der Waals surface area contributed by atoms with E-state index in [1.165, 1.54) is 18.3 Å². The molecule has 2 heterocycles. The fourth-order valence-electron chi connectivity index (χ4n) is 3.27. The first-order valence-electron chi connectivity index (χ1n) is 8.91. The number of amides is 2. The number of para-hydroxylation sites is 2. The zero-order valence-corrected chi connectivity index (χ0v) is 15.2. The predicted molar refractivity (Wildman–Crippen MR) is 100 cm³/mol. The van der Waals surface area contributed by atoms with Crippen LogP contribution in [0.5, 0.6) is 5.75 Å². The summed E-state index contributed by atoms with van der Waals surface area (Å²) in [5, 5.41) is 7.09. The molecule has 0 saturated carbocycles. The molecule has 4 rings (SSSR count). The van der Waals surface area contributed by atoms with E-state index < -0.39 is 6.36 Å². The lowest BCUT2D eigenvalue weighted by molar-refractivity contribution is -0.274. The smallest absolute Gasteiger partial charge is 0.405 e. The number of hydrogen-bond donors (Lipinski definition) is 1. The van der Waals surface area contributed by atoms with Gasteiger partial charge in [0.2, 0.25) is 0 Å². The van der Waals surface area contributed by atoms with Crippen LogP contribution in [0.1, 0.15) is 5.69 Å². The van der Waals surface area contributed by atoms with Crippen molar-refractivity contribution in [2.45, 2.75) is 19.5 Å². The fourth-order valence-corrected chi connectivity index (χ4v) is 3.27. The van der Waals surface area contributed by atoms with Crippen LogP contribution in [-0.4, -0.2) is 33.6 Å². The molecule has 1 aromatic heterocycles. The summed E-state index contributed by atoms with van der Waals surface area (Å²) in [6, 6.07) is 14.7. The van der Waals surface area contributed by atoms with Crippen molar-refractivity contribution in [3.05, 3.63) is 66.5 Å². The number of hydrogen-bond acceptors (Lipinski definition) is 3. The Morgan fingerprint density at radius 2 is 1.72 bits per heavy atom. The first-order chi connectivity index (χ1) is 13.9. The van der Waals surface area contributed by atoms with E-state index in [9.17, 15) is 18.0 Å².